The third kappa shape index (κ3) is 3.08. The van der Waals surface area contributed by atoms with Crippen LogP contribution in [-0.4, -0.2) is 35.8 Å². The normalized spacial score (nSPS) is 18.8. The fourth-order valence-electron chi connectivity index (χ4n) is 3.67. The number of nitrogens with zero attached hydrogens (tertiary/aromatic N) is 2. The Hall–Kier alpha value is -2.50. The van der Waals surface area contributed by atoms with Gasteiger partial charge in [0.2, 0.25) is 12.7 Å². The molecule has 0 N–H and O–H groups in total. The van der Waals surface area contributed by atoms with Gasteiger partial charge in [-0.05, 0) is 44.4 Å². The van der Waals surface area contributed by atoms with Gasteiger partial charge in [0, 0.05) is 31.0 Å². The molecule has 1 unspecified atom stereocenters. The number of fused-ring (bicyclic) bond motifs is 1. The Kier molecular flexibility index (Phi) is 4.11. The van der Waals surface area contributed by atoms with Gasteiger partial charge in [0.25, 0.3) is 0 Å². The molecule has 0 spiro atoms. The summed E-state index contributed by atoms with van der Waals surface area (Å²) in [4.78, 5) is 14.5. The van der Waals surface area contributed by atoms with Gasteiger partial charge in [0.1, 0.15) is 5.76 Å². The molecule has 2 aromatic rings. The first-order valence-electron chi connectivity index (χ1n) is 8.71. The van der Waals surface area contributed by atoms with Crippen LogP contribution < -0.4 is 9.47 Å². The third-order valence-electron chi connectivity index (χ3n) is 5.18. The molecule has 4 rings (SSSR count). The zero-order valence-electron chi connectivity index (χ0n) is 14.6. The highest BCUT2D eigenvalue weighted by Crippen LogP contribution is 2.37. The van der Waals surface area contributed by atoms with Gasteiger partial charge in [-0.1, -0.05) is 11.2 Å². The molecule has 1 saturated heterocycles. The molecule has 2 aliphatic heterocycles. The van der Waals surface area contributed by atoms with Gasteiger partial charge in [-0.15, -0.1) is 0 Å². The third-order valence-corrected chi connectivity index (χ3v) is 5.18. The number of hydrogen-bond acceptors (Lipinski definition) is 5. The largest absolute Gasteiger partial charge is 0.454 e. The molecule has 0 bridgehead atoms. The molecule has 132 valence electrons. The van der Waals surface area contributed by atoms with Crippen LogP contribution in [0.1, 0.15) is 41.3 Å². The lowest BCUT2D eigenvalue weighted by Gasteiger charge is -2.17. The standard InChI is InChI=1S/C19H22N2O4/c1-12-16(13(2)25-20-12)4-6-19(22)21-8-7-15(10-21)14-3-5-17-18(9-14)24-11-23-17/h3,5,9,15H,4,6-8,10-11H2,1-2H3. The van der Waals surface area contributed by atoms with Crippen LogP contribution in [0, 0.1) is 13.8 Å². The first kappa shape index (κ1) is 16.0. The van der Waals surface area contributed by atoms with Gasteiger partial charge in [-0.25, -0.2) is 0 Å². The van der Waals surface area contributed by atoms with Crippen molar-refractivity contribution in [3.05, 3.63) is 40.8 Å². The number of aryl methyl sites for hydroxylation is 2. The molecule has 1 fully saturated rings. The maximum atomic E-state index is 12.6. The van der Waals surface area contributed by atoms with Crippen LogP contribution >= 0.6 is 0 Å². The summed E-state index contributed by atoms with van der Waals surface area (Å²) in [6.07, 6.45) is 2.17. The average molecular weight is 342 g/mol. The fourth-order valence-corrected chi connectivity index (χ4v) is 3.67. The SMILES string of the molecule is Cc1noc(C)c1CCC(=O)N1CCC(c2ccc3c(c2)OCO3)C1. The van der Waals surface area contributed by atoms with E-state index in [0.29, 0.717) is 18.8 Å². The fraction of sp³-hybridized carbons (Fsp3) is 0.474. The molecule has 1 aromatic heterocycles. The minimum atomic E-state index is 0.197. The number of benzene rings is 1. The highest BCUT2D eigenvalue weighted by molar-refractivity contribution is 5.77. The second-order valence-electron chi connectivity index (χ2n) is 6.74. The van der Waals surface area contributed by atoms with Crippen LogP contribution in [0.25, 0.3) is 0 Å². The van der Waals surface area contributed by atoms with Crippen molar-refractivity contribution in [3.63, 3.8) is 0 Å². The van der Waals surface area contributed by atoms with E-state index in [1.807, 2.05) is 30.9 Å². The average Bonchev–Trinajstić information content (AvgIpc) is 3.33. The van der Waals surface area contributed by atoms with E-state index in [-0.39, 0.29) is 12.7 Å². The van der Waals surface area contributed by atoms with E-state index in [0.717, 1.165) is 48.0 Å². The summed E-state index contributed by atoms with van der Waals surface area (Å²) >= 11 is 0. The van der Waals surface area contributed by atoms with E-state index in [4.69, 9.17) is 14.0 Å². The minimum Gasteiger partial charge on any atom is -0.454 e. The predicted octanol–water partition coefficient (Wildman–Crippen LogP) is 2.97. The molecular weight excluding hydrogens is 320 g/mol. The van der Waals surface area contributed by atoms with Gasteiger partial charge in [0.15, 0.2) is 11.5 Å². The zero-order valence-corrected chi connectivity index (χ0v) is 14.6. The van der Waals surface area contributed by atoms with E-state index in [1.54, 1.807) is 0 Å². The monoisotopic (exact) mass is 342 g/mol. The highest BCUT2D eigenvalue weighted by Gasteiger charge is 2.28. The van der Waals surface area contributed by atoms with Gasteiger partial charge in [0.05, 0.1) is 5.69 Å². The Morgan fingerprint density at radius 1 is 1.28 bits per heavy atom. The number of carbonyl (C=O) groups excluding carboxylic acids is 1. The van der Waals surface area contributed by atoms with Crippen molar-refractivity contribution in [1.82, 2.24) is 10.1 Å². The van der Waals surface area contributed by atoms with Crippen molar-refractivity contribution in [2.45, 2.75) is 39.0 Å². The second-order valence-corrected chi connectivity index (χ2v) is 6.74. The molecular formula is C19H22N2O4. The molecule has 1 atom stereocenters. The van der Waals surface area contributed by atoms with Crippen molar-refractivity contribution in [1.29, 1.82) is 0 Å². The number of amides is 1. The summed E-state index contributed by atoms with van der Waals surface area (Å²) in [7, 11) is 0. The molecule has 6 nitrogen and oxygen atoms in total. The van der Waals surface area contributed by atoms with Crippen molar-refractivity contribution in [2.24, 2.45) is 0 Å². The molecule has 3 heterocycles. The molecule has 6 heteroatoms. The van der Waals surface area contributed by atoms with Crippen LogP contribution in [0.3, 0.4) is 0 Å². The van der Waals surface area contributed by atoms with E-state index in [9.17, 15) is 4.79 Å². The molecule has 0 radical (unpaired) electrons. The summed E-state index contributed by atoms with van der Waals surface area (Å²) in [5.41, 5.74) is 3.15. The molecule has 25 heavy (non-hydrogen) atoms. The van der Waals surface area contributed by atoms with Crippen molar-refractivity contribution in [2.75, 3.05) is 19.9 Å². The summed E-state index contributed by atoms with van der Waals surface area (Å²) in [5.74, 6) is 2.97. The first-order chi connectivity index (χ1) is 12.1. The Morgan fingerprint density at radius 3 is 2.92 bits per heavy atom. The smallest absolute Gasteiger partial charge is 0.231 e. The topological polar surface area (TPSA) is 64.8 Å². The highest BCUT2D eigenvalue weighted by atomic mass is 16.7. The number of ether oxygens (including phenoxy) is 2. The van der Waals surface area contributed by atoms with Crippen molar-refractivity contribution >= 4 is 5.91 Å². The molecule has 0 aliphatic carbocycles. The lowest BCUT2D eigenvalue weighted by molar-refractivity contribution is -0.130. The van der Waals surface area contributed by atoms with Gasteiger partial charge >= 0.3 is 0 Å². The Labute approximate surface area is 146 Å². The predicted molar refractivity (Wildman–Crippen MR) is 90.8 cm³/mol. The molecule has 2 aliphatic rings. The number of carbonyl (C=O) groups is 1. The van der Waals surface area contributed by atoms with Crippen LogP contribution in [0.5, 0.6) is 11.5 Å². The summed E-state index contributed by atoms with van der Waals surface area (Å²) in [6, 6.07) is 6.08. The molecule has 1 aromatic carbocycles. The summed E-state index contributed by atoms with van der Waals surface area (Å²) in [6.45, 7) is 5.67. The van der Waals surface area contributed by atoms with E-state index < -0.39 is 0 Å². The quantitative estimate of drug-likeness (QED) is 0.855. The van der Waals surface area contributed by atoms with Crippen molar-refractivity contribution in [3.8, 4) is 11.5 Å². The zero-order chi connectivity index (χ0) is 17.4. The number of rotatable bonds is 4. The molecule has 0 saturated carbocycles. The van der Waals surface area contributed by atoms with Gasteiger partial charge in [-0.2, -0.15) is 0 Å². The molecule has 1 amide bonds. The van der Waals surface area contributed by atoms with Gasteiger partial charge < -0.3 is 18.9 Å². The van der Waals surface area contributed by atoms with Crippen LogP contribution in [0.2, 0.25) is 0 Å². The first-order valence-corrected chi connectivity index (χ1v) is 8.71. The Morgan fingerprint density at radius 2 is 2.12 bits per heavy atom. The maximum absolute atomic E-state index is 12.6. The van der Waals surface area contributed by atoms with Gasteiger partial charge in [-0.3, -0.25) is 4.79 Å². The van der Waals surface area contributed by atoms with E-state index in [2.05, 4.69) is 11.2 Å². The Bertz CT molecular complexity index is 779. The van der Waals surface area contributed by atoms with Crippen LogP contribution in [0.4, 0.5) is 0 Å². The van der Waals surface area contributed by atoms with E-state index in [1.165, 1.54) is 5.56 Å². The number of likely N-dealkylation sites (tertiary alicyclic amines) is 1. The minimum absolute atomic E-state index is 0.197. The lowest BCUT2D eigenvalue weighted by atomic mass is 9.98. The van der Waals surface area contributed by atoms with E-state index >= 15 is 0 Å². The number of hydrogen-bond donors (Lipinski definition) is 0. The summed E-state index contributed by atoms with van der Waals surface area (Å²) < 4.78 is 16.0. The Balaban J connectivity index is 1.36. The van der Waals surface area contributed by atoms with Crippen molar-refractivity contribution < 1.29 is 18.8 Å². The van der Waals surface area contributed by atoms with Crippen LogP contribution in [0.15, 0.2) is 22.7 Å². The lowest BCUT2D eigenvalue weighted by Crippen LogP contribution is -2.28. The second kappa shape index (κ2) is 6.43. The number of aromatic nitrogens is 1. The maximum Gasteiger partial charge on any atom is 0.231 e. The van der Waals surface area contributed by atoms with Crippen LogP contribution in [-0.2, 0) is 11.2 Å². The summed E-state index contributed by atoms with van der Waals surface area (Å²) in [5, 5.41) is 3.95.